The van der Waals surface area contributed by atoms with Crippen LogP contribution in [0.25, 0.3) is 11.4 Å². The first-order valence-electron chi connectivity index (χ1n) is 11.7. The number of carbonyl (C=O) groups is 1. The standard InChI is InChI=1S/C25H33N3O3/c1-2-16-30-18-19-10-9-11-20(17-19)23-26-24(31-27-23)25(29)28(21-12-5-3-6-13-21)22-14-7-4-8-15-22/h2,9-11,17,21-22H,1,3-8,12-16,18H2. The SMILES string of the molecule is C=CCOCc1cccc(-c2noc(C(=O)N(C3CCCCC3)C3CCCCC3)n2)c1. The normalized spacial score (nSPS) is 18.1. The minimum Gasteiger partial charge on any atom is -0.373 e. The highest BCUT2D eigenvalue weighted by atomic mass is 16.5. The van der Waals surface area contributed by atoms with Crippen LogP contribution in [0.3, 0.4) is 0 Å². The van der Waals surface area contributed by atoms with Gasteiger partial charge in [-0.3, -0.25) is 4.79 Å². The monoisotopic (exact) mass is 423 g/mol. The van der Waals surface area contributed by atoms with Crippen molar-refractivity contribution in [1.82, 2.24) is 15.0 Å². The van der Waals surface area contributed by atoms with Crippen LogP contribution >= 0.6 is 0 Å². The molecular formula is C25H33N3O3. The van der Waals surface area contributed by atoms with Gasteiger partial charge in [-0.15, -0.1) is 6.58 Å². The number of benzene rings is 1. The molecule has 6 nitrogen and oxygen atoms in total. The summed E-state index contributed by atoms with van der Waals surface area (Å²) in [4.78, 5) is 20.1. The van der Waals surface area contributed by atoms with E-state index in [0.29, 0.717) is 31.1 Å². The summed E-state index contributed by atoms with van der Waals surface area (Å²) in [6.07, 6.45) is 13.3. The molecule has 166 valence electrons. The number of nitrogens with zero attached hydrogens (tertiary/aromatic N) is 3. The highest BCUT2D eigenvalue weighted by molar-refractivity contribution is 5.90. The van der Waals surface area contributed by atoms with Gasteiger partial charge in [-0.25, -0.2) is 0 Å². The van der Waals surface area contributed by atoms with Crippen LogP contribution in [0.4, 0.5) is 0 Å². The molecule has 2 aliphatic rings. The van der Waals surface area contributed by atoms with Crippen molar-refractivity contribution in [2.45, 2.75) is 82.9 Å². The summed E-state index contributed by atoms with van der Waals surface area (Å²) in [5.74, 6) is 0.462. The Morgan fingerprint density at radius 1 is 1.10 bits per heavy atom. The van der Waals surface area contributed by atoms with Crippen molar-refractivity contribution < 1.29 is 14.1 Å². The predicted molar refractivity (Wildman–Crippen MR) is 120 cm³/mol. The van der Waals surface area contributed by atoms with Gasteiger partial charge in [0.25, 0.3) is 0 Å². The molecule has 1 aromatic carbocycles. The van der Waals surface area contributed by atoms with Gasteiger partial charge in [0.05, 0.1) is 13.2 Å². The lowest BCUT2D eigenvalue weighted by Gasteiger charge is -2.41. The molecule has 2 fully saturated rings. The molecule has 0 unspecified atom stereocenters. The Bertz CT molecular complexity index is 848. The second-order valence-electron chi connectivity index (χ2n) is 8.72. The summed E-state index contributed by atoms with van der Waals surface area (Å²) < 4.78 is 11.0. The van der Waals surface area contributed by atoms with Crippen LogP contribution in [0.15, 0.2) is 41.4 Å². The quantitative estimate of drug-likeness (QED) is 0.411. The smallest absolute Gasteiger partial charge is 0.316 e. The molecule has 0 aliphatic heterocycles. The lowest BCUT2D eigenvalue weighted by molar-refractivity contribution is 0.0401. The molecule has 0 N–H and O–H groups in total. The second-order valence-corrected chi connectivity index (χ2v) is 8.72. The average Bonchev–Trinajstić information content (AvgIpc) is 3.32. The fourth-order valence-corrected chi connectivity index (χ4v) is 4.95. The Morgan fingerprint density at radius 3 is 2.42 bits per heavy atom. The van der Waals surface area contributed by atoms with Gasteiger partial charge in [0.15, 0.2) is 0 Å². The van der Waals surface area contributed by atoms with Crippen molar-refractivity contribution in [3.63, 3.8) is 0 Å². The molecule has 1 heterocycles. The van der Waals surface area contributed by atoms with Crippen molar-refractivity contribution in [2.24, 2.45) is 0 Å². The average molecular weight is 424 g/mol. The van der Waals surface area contributed by atoms with E-state index in [1.54, 1.807) is 6.08 Å². The maximum absolute atomic E-state index is 13.5. The van der Waals surface area contributed by atoms with E-state index in [9.17, 15) is 4.79 Å². The van der Waals surface area contributed by atoms with Crippen LogP contribution in [0.1, 0.15) is 80.5 Å². The number of ether oxygens (including phenoxy) is 1. The molecule has 0 saturated heterocycles. The van der Waals surface area contributed by atoms with Crippen LogP contribution in [0.2, 0.25) is 0 Å². The maximum atomic E-state index is 13.5. The van der Waals surface area contributed by atoms with Gasteiger partial charge >= 0.3 is 11.8 Å². The van der Waals surface area contributed by atoms with Crippen molar-refractivity contribution >= 4 is 5.91 Å². The molecule has 6 heteroatoms. The van der Waals surface area contributed by atoms with E-state index in [0.717, 1.165) is 36.8 Å². The Labute approximate surface area is 184 Å². The molecule has 2 aromatic rings. The Morgan fingerprint density at radius 2 is 1.77 bits per heavy atom. The van der Waals surface area contributed by atoms with Gasteiger partial charge in [0.2, 0.25) is 5.82 Å². The highest BCUT2D eigenvalue weighted by Crippen LogP contribution is 2.31. The Balaban J connectivity index is 1.52. The molecule has 0 spiro atoms. The maximum Gasteiger partial charge on any atom is 0.316 e. The fraction of sp³-hybridized carbons (Fsp3) is 0.560. The second kappa shape index (κ2) is 10.7. The summed E-state index contributed by atoms with van der Waals surface area (Å²) in [5, 5.41) is 4.13. The lowest BCUT2D eigenvalue weighted by Crippen LogP contribution is -2.48. The first-order chi connectivity index (χ1) is 15.3. The zero-order chi connectivity index (χ0) is 21.5. The number of amides is 1. The summed E-state index contributed by atoms with van der Waals surface area (Å²) in [6.45, 7) is 4.65. The fourth-order valence-electron chi connectivity index (χ4n) is 4.95. The van der Waals surface area contributed by atoms with Gasteiger partial charge in [0, 0.05) is 17.6 Å². The number of aromatic nitrogens is 2. The van der Waals surface area contributed by atoms with Gasteiger partial charge < -0.3 is 14.2 Å². The molecule has 2 aliphatic carbocycles. The number of carbonyl (C=O) groups excluding carboxylic acids is 1. The van der Waals surface area contributed by atoms with E-state index in [1.807, 2.05) is 24.3 Å². The molecule has 2 saturated carbocycles. The van der Waals surface area contributed by atoms with Crippen LogP contribution in [0.5, 0.6) is 0 Å². The summed E-state index contributed by atoms with van der Waals surface area (Å²) in [5.41, 5.74) is 1.84. The van der Waals surface area contributed by atoms with Crippen LogP contribution in [-0.4, -0.2) is 39.6 Å². The summed E-state index contributed by atoms with van der Waals surface area (Å²) >= 11 is 0. The largest absolute Gasteiger partial charge is 0.373 e. The number of hydrogen-bond acceptors (Lipinski definition) is 5. The molecule has 0 radical (unpaired) electrons. The van der Waals surface area contributed by atoms with Gasteiger partial charge in [-0.1, -0.05) is 68.0 Å². The molecule has 0 atom stereocenters. The molecule has 31 heavy (non-hydrogen) atoms. The minimum atomic E-state index is -0.0944. The molecular weight excluding hydrogens is 390 g/mol. The summed E-state index contributed by atoms with van der Waals surface area (Å²) in [6, 6.07) is 8.43. The van der Waals surface area contributed by atoms with Crippen molar-refractivity contribution in [3.8, 4) is 11.4 Å². The van der Waals surface area contributed by atoms with Crippen LogP contribution < -0.4 is 0 Å². The van der Waals surface area contributed by atoms with E-state index in [2.05, 4.69) is 21.6 Å². The van der Waals surface area contributed by atoms with E-state index in [1.165, 1.54) is 38.5 Å². The van der Waals surface area contributed by atoms with Crippen LogP contribution in [0, 0.1) is 0 Å². The highest BCUT2D eigenvalue weighted by Gasteiger charge is 2.35. The van der Waals surface area contributed by atoms with E-state index >= 15 is 0 Å². The predicted octanol–water partition coefficient (Wildman–Crippen LogP) is 5.55. The van der Waals surface area contributed by atoms with E-state index in [-0.39, 0.29) is 11.8 Å². The number of rotatable bonds is 8. The van der Waals surface area contributed by atoms with Gasteiger partial charge in [-0.05, 0) is 37.3 Å². The van der Waals surface area contributed by atoms with Crippen LogP contribution in [-0.2, 0) is 11.3 Å². The number of hydrogen-bond donors (Lipinski definition) is 0. The molecule has 4 rings (SSSR count). The van der Waals surface area contributed by atoms with Crippen molar-refractivity contribution in [2.75, 3.05) is 6.61 Å². The van der Waals surface area contributed by atoms with Gasteiger partial charge in [0.1, 0.15) is 0 Å². The minimum absolute atomic E-state index is 0.0944. The zero-order valence-electron chi connectivity index (χ0n) is 18.3. The third kappa shape index (κ3) is 5.42. The van der Waals surface area contributed by atoms with Crippen molar-refractivity contribution in [1.29, 1.82) is 0 Å². The summed E-state index contributed by atoms with van der Waals surface area (Å²) in [7, 11) is 0. The first-order valence-corrected chi connectivity index (χ1v) is 11.7. The molecule has 0 bridgehead atoms. The van der Waals surface area contributed by atoms with Crippen molar-refractivity contribution in [3.05, 3.63) is 48.4 Å². The molecule has 1 aromatic heterocycles. The Kier molecular flexibility index (Phi) is 7.52. The third-order valence-corrected chi connectivity index (χ3v) is 6.47. The zero-order valence-corrected chi connectivity index (χ0v) is 18.3. The third-order valence-electron chi connectivity index (χ3n) is 6.47. The first kappa shape index (κ1) is 21.8. The molecule has 1 amide bonds. The van der Waals surface area contributed by atoms with E-state index in [4.69, 9.17) is 9.26 Å². The Hall–Kier alpha value is -2.47. The van der Waals surface area contributed by atoms with Gasteiger partial charge in [-0.2, -0.15) is 4.98 Å². The topological polar surface area (TPSA) is 68.5 Å². The lowest BCUT2D eigenvalue weighted by atomic mass is 9.88. The van der Waals surface area contributed by atoms with E-state index < -0.39 is 0 Å².